The molecule has 2 rings (SSSR count). The van der Waals surface area contributed by atoms with Gasteiger partial charge in [0.1, 0.15) is 0 Å². The molecule has 0 aliphatic carbocycles. The number of carboxylic acid groups (broad SMARTS) is 1. The number of carbonyl (C=O) groups excluding carboxylic acids is 1. The van der Waals surface area contributed by atoms with Crippen molar-refractivity contribution in [3.05, 3.63) is 35.2 Å². The second-order valence-corrected chi connectivity index (χ2v) is 6.66. The average Bonchev–Trinajstić information content (AvgIpc) is 3.04. The number of carbonyl (C=O) groups is 2. The molecule has 1 unspecified atom stereocenters. The second-order valence-electron chi connectivity index (χ2n) is 5.71. The highest BCUT2D eigenvalue weighted by Gasteiger charge is 2.21. The fourth-order valence-corrected chi connectivity index (χ4v) is 3.24. The lowest BCUT2D eigenvalue weighted by Crippen LogP contribution is -2.38. The molecule has 6 heteroatoms. The number of fused-ring (bicyclic) bond motifs is 1. The number of hydrogen-bond donors (Lipinski definition) is 1. The summed E-state index contributed by atoms with van der Waals surface area (Å²) in [4.78, 5) is 25.6. The molecule has 0 bridgehead atoms. The number of rotatable bonds is 9. The predicted octanol–water partition coefficient (Wildman–Crippen LogP) is 3.49. The molecular formula is C18H23NO4S. The van der Waals surface area contributed by atoms with E-state index < -0.39 is 11.9 Å². The third-order valence-corrected chi connectivity index (χ3v) is 4.72. The normalized spacial score (nSPS) is 12.2. The standard InChI is InChI=1S/C18H23NO4S/c1-3-23-9-4-8-19(12-13(2)18(21)22)17(20)15-5-6-16-14(11-15)7-10-24-16/h5-7,10-11,13H,3-4,8-9,12H2,1-2H3,(H,21,22). The van der Waals surface area contributed by atoms with Crippen LogP contribution >= 0.6 is 11.3 Å². The van der Waals surface area contributed by atoms with E-state index in [9.17, 15) is 9.59 Å². The second kappa shape index (κ2) is 8.80. The van der Waals surface area contributed by atoms with Gasteiger partial charge in [-0.3, -0.25) is 9.59 Å². The lowest BCUT2D eigenvalue weighted by molar-refractivity contribution is -0.141. The number of carboxylic acids is 1. The molecule has 1 atom stereocenters. The van der Waals surface area contributed by atoms with Crippen LogP contribution in [0.5, 0.6) is 0 Å². The first-order valence-corrected chi connectivity index (χ1v) is 8.98. The summed E-state index contributed by atoms with van der Waals surface area (Å²) < 4.78 is 6.45. The van der Waals surface area contributed by atoms with Crippen molar-refractivity contribution in [3.8, 4) is 0 Å². The van der Waals surface area contributed by atoms with Crippen LogP contribution in [-0.4, -0.2) is 48.2 Å². The summed E-state index contributed by atoms with van der Waals surface area (Å²) in [5.41, 5.74) is 0.592. The van der Waals surface area contributed by atoms with E-state index in [0.29, 0.717) is 31.7 Å². The van der Waals surface area contributed by atoms with Crippen molar-refractivity contribution in [3.63, 3.8) is 0 Å². The molecule has 0 spiro atoms. The highest BCUT2D eigenvalue weighted by molar-refractivity contribution is 7.17. The van der Waals surface area contributed by atoms with Crippen molar-refractivity contribution in [2.24, 2.45) is 5.92 Å². The van der Waals surface area contributed by atoms with Gasteiger partial charge in [-0.2, -0.15) is 0 Å². The Morgan fingerprint density at radius 3 is 2.83 bits per heavy atom. The minimum absolute atomic E-state index is 0.132. The van der Waals surface area contributed by atoms with Crippen LogP contribution in [0.25, 0.3) is 10.1 Å². The van der Waals surface area contributed by atoms with Crippen LogP contribution in [0.15, 0.2) is 29.6 Å². The minimum atomic E-state index is -0.897. The molecule has 1 amide bonds. The quantitative estimate of drug-likeness (QED) is 0.704. The van der Waals surface area contributed by atoms with Crippen LogP contribution in [0.2, 0.25) is 0 Å². The molecular weight excluding hydrogens is 326 g/mol. The monoisotopic (exact) mass is 349 g/mol. The van der Waals surface area contributed by atoms with Crippen molar-refractivity contribution in [2.45, 2.75) is 20.3 Å². The highest BCUT2D eigenvalue weighted by Crippen LogP contribution is 2.22. The largest absolute Gasteiger partial charge is 0.481 e. The molecule has 1 aromatic heterocycles. The molecule has 0 aliphatic heterocycles. The van der Waals surface area contributed by atoms with Crippen molar-refractivity contribution >= 4 is 33.3 Å². The zero-order chi connectivity index (χ0) is 17.5. The van der Waals surface area contributed by atoms with E-state index in [1.54, 1.807) is 23.2 Å². The Kier molecular flexibility index (Phi) is 6.75. The zero-order valence-electron chi connectivity index (χ0n) is 14.0. The third-order valence-electron chi connectivity index (χ3n) is 3.82. The van der Waals surface area contributed by atoms with Gasteiger partial charge in [-0.25, -0.2) is 0 Å². The Morgan fingerprint density at radius 2 is 2.12 bits per heavy atom. The minimum Gasteiger partial charge on any atom is -0.481 e. The molecule has 5 nitrogen and oxygen atoms in total. The van der Waals surface area contributed by atoms with Crippen LogP contribution in [0, 0.1) is 5.92 Å². The van der Waals surface area contributed by atoms with Crippen molar-refractivity contribution in [2.75, 3.05) is 26.3 Å². The van der Waals surface area contributed by atoms with Crippen LogP contribution in [0.4, 0.5) is 0 Å². The van der Waals surface area contributed by atoms with Gasteiger partial charge in [0.15, 0.2) is 0 Å². The van der Waals surface area contributed by atoms with E-state index in [1.165, 1.54) is 0 Å². The summed E-state index contributed by atoms with van der Waals surface area (Å²) >= 11 is 1.63. The number of benzene rings is 1. The van der Waals surface area contributed by atoms with Gasteiger partial charge in [-0.05, 0) is 48.4 Å². The number of aliphatic carboxylic acids is 1. The lowest BCUT2D eigenvalue weighted by Gasteiger charge is -2.24. The Morgan fingerprint density at radius 1 is 1.33 bits per heavy atom. The van der Waals surface area contributed by atoms with E-state index >= 15 is 0 Å². The van der Waals surface area contributed by atoms with Gasteiger partial charge in [-0.1, -0.05) is 6.92 Å². The van der Waals surface area contributed by atoms with Crippen LogP contribution < -0.4 is 0 Å². The number of amides is 1. The fraction of sp³-hybridized carbons (Fsp3) is 0.444. The first-order valence-electron chi connectivity index (χ1n) is 8.10. The molecule has 0 aliphatic rings. The Hall–Kier alpha value is -1.92. The van der Waals surface area contributed by atoms with E-state index in [2.05, 4.69) is 0 Å². The molecule has 1 heterocycles. The maximum Gasteiger partial charge on any atom is 0.308 e. The summed E-state index contributed by atoms with van der Waals surface area (Å²) in [5, 5.41) is 12.2. The molecule has 2 aromatic rings. The molecule has 0 radical (unpaired) electrons. The van der Waals surface area contributed by atoms with Crippen molar-refractivity contribution < 1.29 is 19.4 Å². The zero-order valence-corrected chi connectivity index (χ0v) is 14.8. The Balaban J connectivity index is 2.13. The maximum absolute atomic E-state index is 12.8. The third kappa shape index (κ3) is 4.79. The van der Waals surface area contributed by atoms with E-state index in [4.69, 9.17) is 9.84 Å². The summed E-state index contributed by atoms with van der Waals surface area (Å²) in [7, 11) is 0. The van der Waals surface area contributed by atoms with E-state index in [1.807, 2.05) is 36.6 Å². The number of thiophene rings is 1. The van der Waals surface area contributed by atoms with Gasteiger partial charge in [0.2, 0.25) is 0 Å². The maximum atomic E-state index is 12.8. The van der Waals surface area contributed by atoms with E-state index in [-0.39, 0.29) is 12.5 Å². The highest BCUT2D eigenvalue weighted by atomic mass is 32.1. The van der Waals surface area contributed by atoms with Crippen LogP contribution in [-0.2, 0) is 9.53 Å². The lowest BCUT2D eigenvalue weighted by atomic mass is 10.1. The van der Waals surface area contributed by atoms with Gasteiger partial charge in [0, 0.05) is 36.6 Å². The summed E-state index contributed by atoms with van der Waals surface area (Å²) in [6.45, 7) is 5.42. The van der Waals surface area contributed by atoms with Gasteiger partial charge in [0.25, 0.3) is 5.91 Å². The molecule has 1 aromatic carbocycles. The van der Waals surface area contributed by atoms with Gasteiger partial charge in [-0.15, -0.1) is 11.3 Å². The van der Waals surface area contributed by atoms with Crippen molar-refractivity contribution in [1.29, 1.82) is 0 Å². The molecule has 0 saturated carbocycles. The van der Waals surface area contributed by atoms with E-state index in [0.717, 1.165) is 10.1 Å². The van der Waals surface area contributed by atoms with Gasteiger partial charge < -0.3 is 14.7 Å². The molecule has 0 fully saturated rings. The smallest absolute Gasteiger partial charge is 0.308 e. The summed E-state index contributed by atoms with van der Waals surface area (Å²) in [6.07, 6.45) is 0.687. The van der Waals surface area contributed by atoms with Gasteiger partial charge >= 0.3 is 5.97 Å². The summed E-state index contributed by atoms with van der Waals surface area (Å²) in [5.74, 6) is -1.63. The Bertz CT molecular complexity index is 697. The molecule has 130 valence electrons. The van der Waals surface area contributed by atoms with Crippen molar-refractivity contribution in [1.82, 2.24) is 4.90 Å². The average molecular weight is 349 g/mol. The summed E-state index contributed by atoms with van der Waals surface area (Å²) in [6, 6.07) is 7.60. The SMILES string of the molecule is CCOCCCN(CC(C)C(=O)O)C(=O)c1ccc2sccc2c1. The first kappa shape index (κ1) is 18.4. The fourth-order valence-electron chi connectivity index (χ4n) is 2.47. The number of ether oxygens (including phenoxy) is 1. The number of hydrogen-bond acceptors (Lipinski definition) is 4. The molecule has 0 saturated heterocycles. The van der Waals surface area contributed by atoms with Crippen LogP contribution in [0.1, 0.15) is 30.6 Å². The number of nitrogens with zero attached hydrogens (tertiary/aromatic N) is 1. The topological polar surface area (TPSA) is 66.8 Å². The van der Waals surface area contributed by atoms with Crippen LogP contribution in [0.3, 0.4) is 0 Å². The molecule has 1 N–H and O–H groups in total. The predicted molar refractivity (Wildman–Crippen MR) is 95.6 cm³/mol. The molecule has 24 heavy (non-hydrogen) atoms. The van der Waals surface area contributed by atoms with Gasteiger partial charge in [0.05, 0.1) is 5.92 Å². The Labute approximate surface area is 145 Å². The first-order chi connectivity index (χ1) is 11.5.